The topological polar surface area (TPSA) is 65.0 Å². The first kappa shape index (κ1) is 21.2. The van der Waals surface area contributed by atoms with Crippen molar-refractivity contribution in [1.29, 1.82) is 0 Å². The molecule has 0 spiro atoms. The third-order valence-electron chi connectivity index (χ3n) is 5.15. The second-order valence-corrected chi connectivity index (χ2v) is 7.59. The molecular weight excluding hydrogens is 402 g/mol. The molecule has 0 radical (unpaired) electrons. The van der Waals surface area contributed by atoms with Gasteiger partial charge in [-0.25, -0.2) is 9.79 Å². The van der Waals surface area contributed by atoms with Gasteiger partial charge in [0.2, 0.25) is 5.90 Å². The van der Waals surface area contributed by atoms with Gasteiger partial charge in [0.05, 0.1) is 0 Å². The molecule has 0 saturated carbocycles. The van der Waals surface area contributed by atoms with Gasteiger partial charge in [-0.1, -0.05) is 49.4 Å². The molecule has 160 valence electrons. The summed E-state index contributed by atoms with van der Waals surface area (Å²) in [5.41, 5.74) is 5.55. The van der Waals surface area contributed by atoms with Gasteiger partial charge in [0, 0.05) is 12.0 Å². The van der Waals surface area contributed by atoms with Crippen LogP contribution in [0.2, 0.25) is 0 Å². The number of carbonyl (C=O) groups is 2. The van der Waals surface area contributed by atoms with E-state index in [2.05, 4.69) is 4.99 Å². The average Bonchev–Trinajstić information content (AvgIpc) is 3.17. The number of esters is 2. The minimum atomic E-state index is -0.496. The summed E-state index contributed by atoms with van der Waals surface area (Å²) in [5.74, 6) is 0.0524. The highest BCUT2D eigenvalue weighted by Gasteiger charge is 2.24. The third-order valence-corrected chi connectivity index (χ3v) is 5.15. The Labute approximate surface area is 187 Å². The van der Waals surface area contributed by atoms with Crippen LogP contribution in [0.1, 0.15) is 35.6 Å². The highest BCUT2D eigenvalue weighted by atomic mass is 16.6. The molecule has 3 aromatic carbocycles. The number of hydrogen-bond donors (Lipinski definition) is 0. The lowest BCUT2D eigenvalue weighted by Gasteiger charge is -2.11. The summed E-state index contributed by atoms with van der Waals surface area (Å²) in [6, 6.07) is 21.5. The summed E-state index contributed by atoms with van der Waals surface area (Å²) in [4.78, 5) is 28.5. The molecule has 0 N–H and O–H groups in total. The molecule has 0 amide bonds. The molecule has 4 rings (SSSR count). The smallest absolute Gasteiger partial charge is 0.363 e. The Balaban J connectivity index is 1.58. The van der Waals surface area contributed by atoms with E-state index in [9.17, 15) is 9.59 Å². The van der Waals surface area contributed by atoms with E-state index in [1.54, 1.807) is 13.0 Å². The van der Waals surface area contributed by atoms with Crippen molar-refractivity contribution in [2.24, 2.45) is 4.99 Å². The zero-order chi connectivity index (χ0) is 22.7. The Morgan fingerprint density at radius 2 is 1.53 bits per heavy atom. The van der Waals surface area contributed by atoms with Gasteiger partial charge in [0.25, 0.3) is 0 Å². The van der Waals surface area contributed by atoms with E-state index in [1.807, 2.05) is 80.6 Å². The van der Waals surface area contributed by atoms with E-state index in [0.717, 1.165) is 33.4 Å². The number of aryl methyl sites for hydroxylation is 2. The van der Waals surface area contributed by atoms with Crippen molar-refractivity contribution < 1.29 is 19.1 Å². The van der Waals surface area contributed by atoms with E-state index in [0.29, 0.717) is 12.2 Å². The fourth-order valence-electron chi connectivity index (χ4n) is 3.54. The molecule has 1 aliphatic rings. The SMILES string of the molecule is CCC(=O)Oc1c(C)cc(/C=C2\N=C(c3ccc(-c4ccccc4)cc3)OC2=O)cc1C. The summed E-state index contributed by atoms with van der Waals surface area (Å²) in [6.07, 6.45) is 1.99. The first-order valence-electron chi connectivity index (χ1n) is 10.4. The molecule has 32 heavy (non-hydrogen) atoms. The number of hydrogen-bond acceptors (Lipinski definition) is 5. The van der Waals surface area contributed by atoms with Gasteiger partial charge in [0.15, 0.2) is 5.70 Å². The predicted molar refractivity (Wildman–Crippen MR) is 124 cm³/mol. The van der Waals surface area contributed by atoms with Crippen LogP contribution < -0.4 is 4.74 Å². The van der Waals surface area contributed by atoms with Crippen LogP contribution in [0.15, 0.2) is 77.4 Å². The maximum atomic E-state index is 12.4. The first-order chi connectivity index (χ1) is 15.4. The fourth-order valence-corrected chi connectivity index (χ4v) is 3.54. The van der Waals surface area contributed by atoms with Gasteiger partial charge in [-0.15, -0.1) is 0 Å². The molecular formula is C27H23NO4. The largest absolute Gasteiger partial charge is 0.426 e. The van der Waals surface area contributed by atoms with E-state index < -0.39 is 5.97 Å². The summed E-state index contributed by atoms with van der Waals surface area (Å²) in [7, 11) is 0. The Morgan fingerprint density at radius 3 is 2.16 bits per heavy atom. The van der Waals surface area contributed by atoms with Crippen molar-refractivity contribution in [2.45, 2.75) is 27.2 Å². The maximum absolute atomic E-state index is 12.4. The molecule has 3 aromatic rings. The molecule has 1 aliphatic heterocycles. The molecule has 0 saturated heterocycles. The molecule has 0 aliphatic carbocycles. The molecule has 0 fully saturated rings. The normalized spacial score (nSPS) is 14.3. The lowest BCUT2D eigenvalue weighted by Crippen LogP contribution is -2.08. The molecule has 1 heterocycles. The first-order valence-corrected chi connectivity index (χ1v) is 10.4. The van der Waals surface area contributed by atoms with Gasteiger partial charge in [0.1, 0.15) is 5.75 Å². The molecule has 0 aromatic heterocycles. The number of benzene rings is 3. The van der Waals surface area contributed by atoms with Crippen LogP contribution in [0.4, 0.5) is 0 Å². The third kappa shape index (κ3) is 4.52. The van der Waals surface area contributed by atoms with E-state index in [4.69, 9.17) is 9.47 Å². The van der Waals surface area contributed by atoms with Crippen molar-refractivity contribution >= 4 is 23.9 Å². The van der Waals surface area contributed by atoms with Gasteiger partial charge >= 0.3 is 11.9 Å². The van der Waals surface area contributed by atoms with Crippen molar-refractivity contribution in [3.05, 3.63) is 94.7 Å². The van der Waals surface area contributed by atoms with E-state index in [-0.39, 0.29) is 17.6 Å². The van der Waals surface area contributed by atoms with Crippen molar-refractivity contribution in [3.63, 3.8) is 0 Å². The Morgan fingerprint density at radius 1 is 0.938 bits per heavy atom. The lowest BCUT2D eigenvalue weighted by molar-refractivity contribution is -0.134. The minimum Gasteiger partial charge on any atom is -0.426 e. The zero-order valence-corrected chi connectivity index (χ0v) is 18.2. The number of cyclic esters (lactones) is 1. The highest BCUT2D eigenvalue weighted by molar-refractivity contribution is 6.13. The van der Waals surface area contributed by atoms with Crippen LogP contribution in [0, 0.1) is 13.8 Å². The molecule has 0 unspecified atom stereocenters. The van der Waals surface area contributed by atoms with Crippen molar-refractivity contribution in [1.82, 2.24) is 0 Å². The lowest BCUT2D eigenvalue weighted by atomic mass is 10.0. The molecule has 5 heteroatoms. The monoisotopic (exact) mass is 425 g/mol. The summed E-state index contributed by atoms with van der Waals surface area (Å²) in [6.45, 7) is 5.48. The number of ether oxygens (including phenoxy) is 2. The Hall–Kier alpha value is -3.99. The Bertz CT molecular complexity index is 1220. The number of nitrogens with zero attached hydrogens (tertiary/aromatic N) is 1. The average molecular weight is 425 g/mol. The standard InChI is InChI=1S/C27H23NO4/c1-4-24(29)31-25-17(2)14-19(15-18(25)3)16-23-27(30)32-26(28-23)22-12-10-21(11-13-22)20-8-6-5-7-9-20/h5-16H,4H2,1-3H3/b23-16-. The van der Waals surface area contributed by atoms with E-state index in [1.165, 1.54) is 0 Å². The van der Waals surface area contributed by atoms with Gasteiger partial charge < -0.3 is 9.47 Å². The van der Waals surface area contributed by atoms with Crippen LogP contribution in [-0.4, -0.2) is 17.8 Å². The number of aliphatic imine (C=N–C) groups is 1. The second kappa shape index (κ2) is 9.02. The summed E-state index contributed by atoms with van der Waals surface area (Å²) >= 11 is 0. The van der Waals surface area contributed by atoms with Gasteiger partial charge in [-0.2, -0.15) is 0 Å². The van der Waals surface area contributed by atoms with E-state index >= 15 is 0 Å². The molecule has 5 nitrogen and oxygen atoms in total. The van der Waals surface area contributed by atoms with Crippen molar-refractivity contribution in [2.75, 3.05) is 0 Å². The van der Waals surface area contributed by atoms with Crippen molar-refractivity contribution in [3.8, 4) is 16.9 Å². The predicted octanol–water partition coefficient (Wildman–Crippen LogP) is 5.63. The van der Waals surface area contributed by atoms with Gasteiger partial charge in [-0.3, -0.25) is 4.79 Å². The van der Waals surface area contributed by atoms with Gasteiger partial charge in [-0.05, 0) is 72.0 Å². The number of carbonyl (C=O) groups excluding carboxylic acids is 2. The highest BCUT2D eigenvalue weighted by Crippen LogP contribution is 2.28. The van der Waals surface area contributed by atoms with Crippen LogP contribution in [0.25, 0.3) is 17.2 Å². The van der Waals surface area contributed by atoms with Crippen LogP contribution in [-0.2, 0) is 14.3 Å². The second-order valence-electron chi connectivity index (χ2n) is 7.59. The fraction of sp³-hybridized carbons (Fsp3) is 0.148. The zero-order valence-electron chi connectivity index (χ0n) is 18.2. The Kier molecular flexibility index (Phi) is 5.99. The maximum Gasteiger partial charge on any atom is 0.363 e. The minimum absolute atomic E-state index is 0.226. The van der Waals surface area contributed by atoms with Crippen LogP contribution in [0.3, 0.4) is 0 Å². The molecule has 0 atom stereocenters. The summed E-state index contributed by atoms with van der Waals surface area (Å²) < 4.78 is 10.8. The van der Waals surface area contributed by atoms with Crippen LogP contribution >= 0.6 is 0 Å². The number of rotatable bonds is 5. The summed E-state index contributed by atoms with van der Waals surface area (Å²) in [5, 5.41) is 0. The molecule has 0 bridgehead atoms. The van der Waals surface area contributed by atoms with Crippen LogP contribution in [0.5, 0.6) is 5.75 Å². The quantitative estimate of drug-likeness (QED) is 0.302.